The third-order valence-corrected chi connectivity index (χ3v) is 2.37. The summed E-state index contributed by atoms with van der Waals surface area (Å²) in [5.41, 5.74) is 1.92. The molecule has 5 heteroatoms. The zero-order valence-electron chi connectivity index (χ0n) is 9.90. The van der Waals surface area contributed by atoms with E-state index in [-0.39, 0.29) is 6.54 Å². The average molecular weight is 247 g/mol. The first-order valence-corrected chi connectivity index (χ1v) is 5.33. The second-order valence-electron chi connectivity index (χ2n) is 3.85. The van der Waals surface area contributed by atoms with Gasteiger partial charge >= 0.3 is 6.18 Å². The van der Waals surface area contributed by atoms with Crippen LogP contribution in [0.3, 0.4) is 0 Å². The molecule has 0 bridgehead atoms. The maximum Gasteiger partial charge on any atom is 0.390 e. The van der Waals surface area contributed by atoms with Gasteiger partial charge in [0.15, 0.2) is 0 Å². The van der Waals surface area contributed by atoms with Crippen molar-refractivity contribution >= 4 is 0 Å². The van der Waals surface area contributed by atoms with Crippen LogP contribution in [0.25, 0.3) is 0 Å². The molecule has 0 saturated heterocycles. The molecule has 0 heterocycles. The number of aryl methyl sites for hydroxylation is 1. The van der Waals surface area contributed by atoms with E-state index in [4.69, 9.17) is 4.74 Å². The maximum absolute atomic E-state index is 11.9. The fraction of sp³-hybridized carbons (Fsp3) is 0.500. The second-order valence-corrected chi connectivity index (χ2v) is 3.85. The Balaban J connectivity index is 2.40. The fourth-order valence-electron chi connectivity index (χ4n) is 1.51. The normalized spacial score (nSPS) is 11.6. The summed E-state index contributed by atoms with van der Waals surface area (Å²) in [5.74, 6) is 0.782. The molecule has 0 aromatic heterocycles. The lowest BCUT2D eigenvalue weighted by molar-refractivity contribution is -0.133. The molecular weight excluding hydrogens is 231 g/mol. The van der Waals surface area contributed by atoms with E-state index in [9.17, 15) is 13.2 Å². The summed E-state index contributed by atoms with van der Waals surface area (Å²) in [6.07, 6.45) is -4.90. The van der Waals surface area contributed by atoms with Crippen LogP contribution in [0.1, 0.15) is 17.5 Å². The van der Waals surface area contributed by atoms with Gasteiger partial charge in [0, 0.05) is 13.1 Å². The lowest BCUT2D eigenvalue weighted by atomic mass is 10.1. The van der Waals surface area contributed by atoms with Gasteiger partial charge in [-0.3, -0.25) is 0 Å². The van der Waals surface area contributed by atoms with Crippen molar-refractivity contribution in [3.63, 3.8) is 0 Å². The lowest BCUT2D eigenvalue weighted by Crippen LogP contribution is -2.21. The number of alkyl halides is 3. The Morgan fingerprint density at radius 2 is 2.00 bits per heavy atom. The molecule has 0 amide bonds. The smallest absolute Gasteiger partial charge is 0.390 e. The molecule has 0 unspecified atom stereocenters. The van der Waals surface area contributed by atoms with Gasteiger partial charge in [-0.25, -0.2) is 0 Å². The van der Waals surface area contributed by atoms with Crippen molar-refractivity contribution in [2.45, 2.75) is 26.1 Å². The minimum absolute atomic E-state index is 0.0609. The second kappa shape index (κ2) is 5.91. The van der Waals surface area contributed by atoms with Crippen LogP contribution in [-0.2, 0) is 6.54 Å². The van der Waals surface area contributed by atoms with Gasteiger partial charge in [-0.2, -0.15) is 13.2 Å². The molecule has 0 fully saturated rings. The predicted octanol–water partition coefficient (Wildman–Crippen LogP) is 3.05. The molecule has 0 aliphatic heterocycles. The van der Waals surface area contributed by atoms with Gasteiger partial charge in [0.05, 0.1) is 13.5 Å². The van der Waals surface area contributed by atoms with Crippen LogP contribution < -0.4 is 10.1 Å². The highest BCUT2D eigenvalue weighted by atomic mass is 19.4. The summed E-state index contributed by atoms with van der Waals surface area (Å²) >= 11 is 0. The van der Waals surface area contributed by atoms with Gasteiger partial charge < -0.3 is 10.1 Å². The molecule has 0 atom stereocenters. The largest absolute Gasteiger partial charge is 0.496 e. The topological polar surface area (TPSA) is 21.3 Å². The Bertz CT molecular complexity index is 363. The number of halogens is 3. The first-order valence-electron chi connectivity index (χ1n) is 5.33. The number of methoxy groups -OCH3 is 1. The van der Waals surface area contributed by atoms with E-state index in [2.05, 4.69) is 5.32 Å². The van der Waals surface area contributed by atoms with Crippen LogP contribution in [0.5, 0.6) is 5.75 Å². The molecule has 96 valence electrons. The molecule has 0 aliphatic rings. The highest BCUT2D eigenvalue weighted by molar-refractivity contribution is 5.36. The Morgan fingerprint density at radius 3 is 2.53 bits per heavy atom. The molecule has 1 N–H and O–H groups in total. The van der Waals surface area contributed by atoms with E-state index in [0.717, 1.165) is 16.9 Å². The van der Waals surface area contributed by atoms with E-state index < -0.39 is 12.6 Å². The average Bonchev–Trinajstić information content (AvgIpc) is 2.23. The standard InChI is InChI=1S/C12H16F3NO/c1-9-7-10(3-4-11(9)17-2)8-16-6-5-12(13,14)15/h3-4,7,16H,5-6,8H2,1-2H3. The number of benzene rings is 1. The van der Waals surface area contributed by atoms with Crippen LogP contribution in [0.4, 0.5) is 13.2 Å². The first-order chi connectivity index (χ1) is 7.92. The van der Waals surface area contributed by atoms with Gasteiger partial charge in [0.1, 0.15) is 5.75 Å². The summed E-state index contributed by atoms with van der Waals surface area (Å²) in [6, 6.07) is 5.56. The molecule has 2 nitrogen and oxygen atoms in total. The molecule has 0 saturated carbocycles. The minimum atomic E-state index is -4.09. The Labute approximate surface area is 98.8 Å². The van der Waals surface area contributed by atoms with Crippen molar-refractivity contribution in [2.24, 2.45) is 0 Å². The molecule has 1 aromatic rings. The van der Waals surface area contributed by atoms with E-state index in [1.807, 2.05) is 25.1 Å². The highest BCUT2D eigenvalue weighted by Crippen LogP contribution is 2.19. The van der Waals surface area contributed by atoms with Crippen LogP contribution in [-0.4, -0.2) is 19.8 Å². The van der Waals surface area contributed by atoms with Crippen LogP contribution in [0, 0.1) is 6.92 Å². The summed E-state index contributed by atoms with van der Waals surface area (Å²) in [4.78, 5) is 0. The van der Waals surface area contributed by atoms with Crippen LogP contribution >= 0.6 is 0 Å². The zero-order valence-corrected chi connectivity index (χ0v) is 9.90. The molecule has 17 heavy (non-hydrogen) atoms. The zero-order chi connectivity index (χ0) is 12.9. The number of hydrogen-bond donors (Lipinski definition) is 1. The summed E-state index contributed by atoms with van der Waals surface area (Å²) in [7, 11) is 1.59. The van der Waals surface area contributed by atoms with E-state index in [1.54, 1.807) is 7.11 Å². The third-order valence-electron chi connectivity index (χ3n) is 2.37. The van der Waals surface area contributed by atoms with E-state index in [1.165, 1.54) is 0 Å². The fourth-order valence-corrected chi connectivity index (χ4v) is 1.51. The van der Waals surface area contributed by atoms with Gasteiger partial charge in [-0.1, -0.05) is 12.1 Å². The van der Waals surface area contributed by atoms with Crippen molar-refractivity contribution in [1.29, 1.82) is 0 Å². The van der Waals surface area contributed by atoms with Crippen molar-refractivity contribution in [1.82, 2.24) is 5.32 Å². The molecule has 0 aliphatic carbocycles. The summed E-state index contributed by atoms with van der Waals surface area (Å²) < 4.78 is 40.8. The highest BCUT2D eigenvalue weighted by Gasteiger charge is 2.25. The van der Waals surface area contributed by atoms with Gasteiger partial charge in [-0.15, -0.1) is 0 Å². The van der Waals surface area contributed by atoms with Gasteiger partial charge in [0.2, 0.25) is 0 Å². The third kappa shape index (κ3) is 5.08. The monoisotopic (exact) mass is 247 g/mol. The minimum Gasteiger partial charge on any atom is -0.496 e. The maximum atomic E-state index is 11.9. The Morgan fingerprint density at radius 1 is 1.29 bits per heavy atom. The van der Waals surface area contributed by atoms with Gasteiger partial charge in [-0.05, 0) is 24.1 Å². The van der Waals surface area contributed by atoms with Crippen molar-refractivity contribution in [2.75, 3.05) is 13.7 Å². The first kappa shape index (κ1) is 13.8. The van der Waals surface area contributed by atoms with Crippen molar-refractivity contribution in [3.05, 3.63) is 29.3 Å². The summed E-state index contributed by atoms with van der Waals surface area (Å²) in [6.45, 7) is 2.27. The van der Waals surface area contributed by atoms with Crippen molar-refractivity contribution < 1.29 is 17.9 Å². The Hall–Kier alpha value is -1.23. The number of nitrogens with one attached hydrogen (secondary N) is 1. The quantitative estimate of drug-likeness (QED) is 0.807. The number of ether oxygens (including phenoxy) is 1. The molecule has 0 spiro atoms. The van der Waals surface area contributed by atoms with Crippen molar-refractivity contribution in [3.8, 4) is 5.75 Å². The number of hydrogen-bond acceptors (Lipinski definition) is 2. The molecule has 0 radical (unpaired) electrons. The Kier molecular flexibility index (Phi) is 4.81. The summed E-state index contributed by atoms with van der Waals surface area (Å²) in [5, 5.41) is 2.76. The van der Waals surface area contributed by atoms with Gasteiger partial charge in [0.25, 0.3) is 0 Å². The SMILES string of the molecule is COc1ccc(CNCCC(F)(F)F)cc1C. The molecule has 1 aromatic carbocycles. The van der Waals surface area contributed by atoms with E-state index >= 15 is 0 Å². The predicted molar refractivity (Wildman–Crippen MR) is 60.1 cm³/mol. The molecule has 1 rings (SSSR count). The number of rotatable bonds is 5. The van der Waals surface area contributed by atoms with E-state index in [0.29, 0.717) is 6.54 Å². The van der Waals surface area contributed by atoms with Crippen LogP contribution in [0.15, 0.2) is 18.2 Å². The molecular formula is C12H16F3NO. The van der Waals surface area contributed by atoms with Crippen LogP contribution in [0.2, 0.25) is 0 Å². The lowest BCUT2D eigenvalue weighted by Gasteiger charge is -2.09.